The Balaban J connectivity index is 1.62. The number of carbonyl (C=O) groups excluding carboxylic acids is 1. The third-order valence-corrected chi connectivity index (χ3v) is 6.70. The van der Waals surface area contributed by atoms with Crippen molar-refractivity contribution in [2.75, 3.05) is 31.1 Å². The summed E-state index contributed by atoms with van der Waals surface area (Å²) in [5.74, 6) is 0.106. The van der Waals surface area contributed by atoms with Gasteiger partial charge in [-0.3, -0.25) is 4.79 Å². The molecule has 1 aromatic carbocycles. The number of benzene rings is 1. The molecule has 1 aromatic rings. The smallest absolute Gasteiger partial charge is 0.240 e. The van der Waals surface area contributed by atoms with Crippen LogP contribution in [-0.2, 0) is 14.8 Å². The highest BCUT2D eigenvalue weighted by molar-refractivity contribution is 7.89. The van der Waals surface area contributed by atoms with Gasteiger partial charge in [0, 0.05) is 44.8 Å². The molecule has 1 saturated carbocycles. The lowest BCUT2D eigenvalue weighted by Crippen LogP contribution is -2.48. The maximum absolute atomic E-state index is 12.5. The topological polar surface area (TPSA) is 69.7 Å². The molecular formula is C18H27N3O3S. The van der Waals surface area contributed by atoms with Crippen LogP contribution in [0.3, 0.4) is 0 Å². The van der Waals surface area contributed by atoms with Crippen LogP contribution in [0.15, 0.2) is 29.2 Å². The number of nitrogens with one attached hydrogen (secondary N) is 1. The number of rotatable bonds is 4. The van der Waals surface area contributed by atoms with E-state index in [-0.39, 0.29) is 11.9 Å². The number of sulfonamides is 1. The van der Waals surface area contributed by atoms with Crippen LogP contribution < -0.4 is 9.62 Å². The summed E-state index contributed by atoms with van der Waals surface area (Å²) in [5.41, 5.74) is 1.000. The fraction of sp³-hybridized carbons (Fsp3) is 0.611. The lowest BCUT2D eigenvalue weighted by atomic mass is 9.96. The Hall–Kier alpha value is -1.60. The van der Waals surface area contributed by atoms with E-state index in [1.807, 2.05) is 17.0 Å². The Morgan fingerprint density at radius 2 is 1.60 bits per heavy atom. The van der Waals surface area contributed by atoms with Crippen molar-refractivity contribution in [1.82, 2.24) is 9.62 Å². The summed E-state index contributed by atoms with van der Waals surface area (Å²) in [7, 11) is -3.45. The van der Waals surface area contributed by atoms with E-state index in [4.69, 9.17) is 0 Å². The Morgan fingerprint density at radius 1 is 1.00 bits per heavy atom. The molecule has 0 unspecified atom stereocenters. The molecule has 1 aliphatic heterocycles. The molecule has 0 atom stereocenters. The molecule has 1 heterocycles. The molecule has 1 amide bonds. The fourth-order valence-electron chi connectivity index (χ4n) is 3.62. The monoisotopic (exact) mass is 365 g/mol. The van der Waals surface area contributed by atoms with Gasteiger partial charge in [-0.05, 0) is 37.1 Å². The van der Waals surface area contributed by atoms with E-state index in [2.05, 4.69) is 9.62 Å². The summed E-state index contributed by atoms with van der Waals surface area (Å²) >= 11 is 0. The van der Waals surface area contributed by atoms with Crippen LogP contribution in [0, 0.1) is 0 Å². The molecule has 0 spiro atoms. The van der Waals surface area contributed by atoms with Gasteiger partial charge < -0.3 is 9.80 Å². The molecule has 1 saturated heterocycles. The van der Waals surface area contributed by atoms with Gasteiger partial charge in [-0.2, -0.15) is 0 Å². The van der Waals surface area contributed by atoms with Crippen LogP contribution in [0.4, 0.5) is 5.69 Å². The van der Waals surface area contributed by atoms with Crippen molar-refractivity contribution in [1.29, 1.82) is 0 Å². The summed E-state index contributed by atoms with van der Waals surface area (Å²) in [4.78, 5) is 15.7. The number of nitrogens with zero attached hydrogens (tertiary/aromatic N) is 2. The molecule has 7 heteroatoms. The predicted octanol–water partition coefficient (Wildman–Crippen LogP) is 1.97. The van der Waals surface area contributed by atoms with Crippen molar-refractivity contribution in [3.63, 3.8) is 0 Å². The van der Waals surface area contributed by atoms with Crippen LogP contribution >= 0.6 is 0 Å². The predicted molar refractivity (Wildman–Crippen MR) is 98.1 cm³/mol. The normalized spacial score (nSPS) is 19.9. The van der Waals surface area contributed by atoms with E-state index in [1.54, 1.807) is 19.1 Å². The number of hydrogen-bond donors (Lipinski definition) is 1. The fourth-order valence-corrected chi connectivity index (χ4v) is 4.93. The van der Waals surface area contributed by atoms with Crippen LogP contribution in [0.1, 0.15) is 39.0 Å². The lowest BCUT2D eigenvalue weighted by molar-refractivity contribution is -0.129. The molecule has 0 bridgehead atoms. The number of piperazine rings is 1. The van der Waals surface area contributed by atoms with Gasteiger partial charge in [-0.1, -0.05) is 19.3 Å². The molecule has 3 rings (SSSR count). The van der Waals surface area contributed by atoms with Crippen molar-refractivity contribution >= 4 is 21.6 Å². The minimum absolute atomic E-state index is 0.0677. The molecular weight excluding hydrogens is 338 g/mol. The van der Waals surface area contributed by atoms with Gasteiger partial charge in [0.1, 0.15) is 0 Å². The first kappa shape index (κ1) is 18.2. The molecule has 0 radical (unpaired) electrons. The second-order valence-electron chi connectivity index (χ2n) is 6.94. The zero-order valence-electron chi connectivity index (χ0n) is 14.8. The van der Waals surface area contributed by atoms with Crippen molar-refractivity contribution in [3.8, 4) is 0 Å². The highest BCUT2D eigenvalue weighted by atomic mass is 32.2. The van der Waals surface area contributed by atoms with Crippen LogP contribution in [0.5, 0.6) is 0 Å². The molecule has 6 nitrogen and oxygen atoms in total. The average Bonchev–Trinajstić information content (AvgIpc) is 2.62. The summed E-state index contributed by atoms with van der Waals surface area (Å²) in [6, 6.07) is 7.14. The van der Waals surface area contributed by atoms with E-state index in [1.165, 1.54) is 6.42 Å². The highest BCUT2D eigenvalue weighted by Gasteiger charge is 2.23. The quantitative estimate of drug-likeness (QED) is 0.886. The lowest BCUT2D eigenvalue weighted by Gasteiger charge is -2.35. The second-order valence-corrected chi connectivity index (χ2v) is 8.66. The highest BCUT2D eigenvalue weighted by Crippen LogP contribution is 2.22. The third kappa shape index (κ3) is 4.52. The van der Waals surface area contributed by atoms with E-state index in [0.29, 0.717) is 18.0 Å². The van der Waals surface area contributed by atoms with Gasteiger partial charge in [0.05, 0.1) is 4.90 Å². The van der Waals surface area contributed by atoms with E-state index in [0.717, 1.165) is 44.5 Å². The van der Waals surface area contributed by atoms with Gasteiger partial charge in [0.25, 0.3) is 0 Å². The average molecular weight is 365 g/mol. The number of anilines is 1. The molecule has 0 aromatic heterocycles. The summed E-state index contributed by atoms with van der Waals surface area (Å²) in [5, 5.41) is 0. The van der Waals surface area contributed by atoms with E-state index in [9.17, 15) is 13.2 Å². The third-order valence-electron chi connectivity index (χ3n) is 5.16. The van der Waals surface area contributed by atoms with Gasteiger partial charge >= 0.3 is 0 Å². The first-order chi connectivity index (χ1) is 12.0. The van der Waals surface area contributed by atoms with Crippen molar-refractivity contribution in [2.24, 2.45) is 0 Å². The number of hydrogen-bond acceptors (Lipinski definition) is 4. The van der Waals surface area contributed by atoms with Crippen molar-refractivity contribution in [3.05, 3.63) is 24.3 Å². The Morgan fingerprint density at radius 3 is 2.16 bits per heavy atom. The zero-order valence-corrected chi connectivity index (χ0v) is 15.6. The molecule has 2 fully saturated rings. The Kier molecular flexibility index (Phi) is 5.64. The van der Waals surface area contributed by atoms with Gasteiger partial charge in [0.15, 0.2) is 0 Å². The molecule has 1 N–H and O–H groups in total. The van der Waals surface area contributed by atoms with Crippen molar-refractivity contribution < 1.29 is 13.2 Å². The number of carbonyl (C=O) groups is 1. The minimum Gasteiger partial charge on any atom is -0.368 e. The molecule has 138 valence electrons. The summed E-state index contributed by atoms with van der Waals surface area (Å²) < 4.78 is 27.9. The number of amides is 1. The second kappa shape index (κ2) is 7.74. The molecule has 2 aliphatic rings. The van der Waals surface area contributed by atoms with Gasteiger partial charge in [-0.15, -0.1) is 0 Å². The van der Waals surface area contributed by atoms with E-state index >= 15 is 0 Å². The largest absolute Gasteiger partial charge is 0.368 e. The van der Waals surface area contributed by atoms with Crippen LogP contribution in [-0.4, -0.2) is 51.4 Å². The van der Waals surface area contributed by atoms with Crippen molar-refractivity contribution in [2.45, 2.75) is 50.0 Å². The first-order valence-corrected chi connectivity index (χ1v) is 10.6. The standard InChI is InChI=1S/C18H27N3O3S/c1-15(22)20-11-13-21(14-12-20)17-7-9-18(10-8-17)25(23,24)19-16-5-3-2-4-6-16/h7-10,16,19H,2-6,11-14H2,1H3. The SMILES string of the molecule is CC(=O)N1CCN(c2ccc(S(=O)(=O)NC3CCCCC3)cc2)CC1. The molecule has 25 heavy (non-hydrogen) atoms. The van der Waals surface area contributed by atoms with Gasteiger partial charge in [0.2, 0.25) is 15.9 Å². The maximum Gasteiger partial charge on any atom is 0.240 e. The zero-order chi connectivity index (χ0) is 17.9. The first-order valence-electron chi connectivity index (χ1n) is 9.08. The molecule has 1 aliphatic carbocycles. The van der Waals surface area contributed by atoms with Crippen LogP contribution in [0.25, 0.3) is 0 Å². The Bertz CT molecular complexity index is 689. The van der Waals surface area contributed by atoms with Gasteiger partial charge in [-0.25, -0.2) is 13.1 Å². The summed E-state index contributed by atoms with van der Waals surface area (Å²) in [6.45, 7) is 4.55. The minimum atomic E-state index is -3.45. The van der Waals surface area contributed by atoms with E-state index < -0.39 is 10.0 Å². The summed E-state index contributed by atoms with van der Waals surface area (Å²) in [6.07, 6.45) is 5.25. The maximum atomic E-state index is 12.5. The Labute approximate surface area is 150 Å². The van der Waals surface area contributed by atoms with Crippen LogP contribution in [0.2, 0.25) is 0 Å².